The first kappa shape index (κ1) is 10.9. The standard InChI is InChI=1S/C13H13FN2S/c14-10-1-2-11-9(7-10)3-4-13(11,15)8-12-16-5-6-17-12/h1-2,5-7H,3-4,8,15H2. The van der Waals surface area contributed by atoms with Crippen LogP contribution >= 0.6 is 11.3 Å². The van der Waals surface area contributed by atoms with Gasteiger partial charge in [0.05, 0.1) is 5.01 Å². The molecule has 1 atom stereocenters. The predicted molar refractivity (Wildman–Crippen MR) is 66.4 cm³/mol. The van der Waals surface area contributed by atoms with Gasteiger partial charge in [-0.25, -0.2) is 9.37 Å². The SMILES string of the molecule is NC1(Cc2nccs2)CCc2cc(F)ccc21. The van der Waals surface area contributed by atoms with Gasteiger partial charge >= 0.3 is 0 Å². The highest BCUT2D eigenvalue weighted by Gasteiger charge is 2.35. The zero-order valence-electron chi connectivity index (χ0n) is 9.32. The Hall–Kier alpha value is -1.26. The maximum Gasteiger partial charge on any atom is 0.123 e. The van der Waals surface area contributed by atoms with Crippen LogP contribution in [0.5, 0.6) is 0 Å². The van der Waals surface area contributed by atoms with Crippen molar-refractivity contribution in [3.05, 3.63) is 51.7 Å². The lowest BCUT2D eigenvalue weighted by molar-refractivity contribution is 0.438. The van der Waals surface area contributed by atoms with E-state index >= 15 is 0 Å². The Bertz CT molecular complexity index is 538. The van der Waals surface area contributed by atoms with Gasteiger partial charge in [-0.2, -0.15) is 0 Å². The molecule has 0 fully saturated rings. The van der Waals surface area contributed by atoms with E-state index in [1.165, 1.54) is 6.07 Å². The number of nitrogens with two attached hydrogens (primary N) is 1. The van der Waals surface area contributed by atoms with Crippen LogP contribution in [0.3, 0.4) is 0 Å². The lowest BCUT2D eigenvalue weighted by Gasteiger charge is -2.24. The summed E-state index contributed by atoms with van der Waals surface area (Å²) in [5.74, 6) is -0.178. The Morgan fingerprint density at radius 2 is 2.35 bits per heavy atom. The Morgan fingerprint density at radius 3 is 3.12 bits per heavy atom. The second-order valence-electron chi connectivity index (χ2n) is 4.56. The summed E-state index contributed by atoms with van der Waals surface area (Å²) in [5, 5.41) is 3.00. The summed E-state index contributed by atoms with van der Waals surface area (Å²) in [5.41, 5.74) is 8.21. The lowest BCUT2D eigenvalue weighted by atomic mass is 9.90. The fourth-order valence-corrected chi connectivity index (χ4v) is 3.28. The summed E-state index contributed by atoms with van der Waals surface area (Å²) in [6, 6.07) is 4.92. The van der Waals surface area contributed by atoms with E-state index in [1.807, 2.05) is 11.4 Å². The van der Waals surface area contributed by atoms with E-state index in [0.29, 0.717) is 0 Å². The Labute approximate surface area is 103 Å². The average Bonchev–Trinajstić information content (AvgIpc) is 2.88. The molecule has 0 saturated carbocycles. The molecule has 1 heterocycles. The monoisotopic (exact) mass is 248 g/mol. The number of hydrogen-bond acceptors (Lipinski definition) is 3. The second kappa shape index (κ2) is 3.89. The van der Waals surface area contributed by atoms with E-state index in [2.05, 4.69) is 4.98 Å². The molecule has 0 bridgehead atoms. The van der Waals surface area contributed by atoms with Gasteiger partial charge in [0.25, 0.3) is 0 Å². The molecule has 0 saturated heterocycles. The maximum atomic E-state index is 13.1. The van der Waals surface area contributed by atoms with Gasteiger partial charge in [-0.3, -0.25) is 0 Å². The lowest BCUT2D eigenvalue weighted by Crippen LogP contribution is -2.36. The van der Waals surface area contributed by atoms with Crippen LogP contribution in [0, 0.1) is 5.82 Å². The molecule has 2 aromatic rings. The molecule has 1 aliphatic rings. The third-order valence-electron chi connectivity index (χ3n) is 3.39. The van der Waals surface area contributed by atoms with Crippen LogP contribution in [0.15, 0.2) is 29.8 Å². The van der Waals surface area contributed by atoms with Gasteiger partial charge in [0, 0.05) is 23.5 Å². The number of hydrogen-bond donors (Lipinski definition) is 1. The first-order chi connectivity index (χ1) is 8.17. The summed E-state index contributed by atoms with van der Waals surface area (Å²) in [6.45, 7) is 0. The van der Waals surface area contributed by atoms with Crippen LogP contribution in [0.25, 0.3) is 0 Å². The second-order valence-corrected chi connectivity index (χ2v) is 5.54. The number of thiazole rings is 1. The molecule has 0 amide bonds. The third-order valence-corrected chi connectivity index (χ3v) is 4.17. The van der Waals surface area contributed by atoms with Crippen molar-refractivity contribution in [3.63, 3.8) is 0 Å². The van der Waals surface area contributed by atoms with Gasteiger partial charge in [0.2, 0.25) is 0 Å². The molecule has 2 N–H and O–H groups in total. The highest BCUT2D eigenvalue weighted by molar-refractivity contribution is 7.09. The first-order valence-corrected chi connectivity index (χ1v) is 6.51. The van der Waals surface area contributed by atoms with E-state index in [1.54, 1.807) is 23.6 Å². The Kier molecular flexibility index (Phi) is 2.49. The summed E-state index contributed by atoms with van der Waals surface area (Å²) in [4.78, 5) is 4.28. The zero-order chi connectivity index (χ0) is 11.9. The molecule has 88 valence electrons. The smallest absolute Gasteiger partial charge is 0.123 e. The van der Waals surface area contributed by atoms with Gasteiger partial charge in [-0.1, -0.05) is 6.07 Å². The van der Waals surface area contributed by atoms with Crippen molar-refractivity contribution < 1.29 is 4.39 Å². The number of halogens is 1. The predicted octanol–water partition coefficient (Wildman–Crippen LogP) is 2.63. The molecule has 1 aliphatic carbocycles. The first-order valence-electron chi connectivity index (χ1n) is 5.63. The average molecular weight is 248 g/mol. The minimum atomic E-state index is -0.374. The van der Waals surface area contributed by atoms with Gasteiger partial charge < -0.3 is 5.73 Å². The molecule has 1 aromatic carbocycles. The van der Waals surface area contributed by atoms with Crippen LogP contribution in [0.2, 0.25) is 0 Å². The van der Waals surface area contributed by atoms with E-state index in [0.717, 1.165) is 35.4 Å². The summed E-state index contributed by atoms with van der Waals surface area (Å²) < 4.78 is 13.1. The quantitative estimate of drug-likeness (QED) is 0.887. The van der Waals surface area contributed by atoms with Crippen LogP contribution < -0.4 is 5.73 Å². The van der Waals surface area contributed by atoms with E-state index in [-0.39, 0.29) is 11.4 Å². The van der Waals surface area contributed by atoms with Crippen molar-refractivity contribution in [1.29, 1.82) is 0 Å². The number of fused-ring (bicyclic) bond motifs is 1. The molecule has 0 spiro atoms. The van der Waals surface area contributed by atoms with Crippen molar-refractivity contribution in [1.82, 2.24) is 4.98 Å². The molecular weight excluding hydrogens is 235 g/mol. The molecule has 3 rings (SSSR count). The number of rotatable bonds is 2. The Morgan fingerprint density at radius 1 is 1.47 bits per heavy atom. The minimum Gasteiger partial charge on any atom is -0.321 e. The van der Waals surface area contributed by atoms with E-state index in [9.17, 15) is 4.39 Å². The highest BCUT2D eigenvalue weighted by atomic mass is 32.1. The molecule has 0 radical (unpaired) electrons. The normalized spacial score (nSPS) is 22.7. The number of nitrogens with zero attached hydrogens (tertiary/aromatic N) is 1. The van der Waals surface area contributed by atoms with Crippen molar-refractivity contribution >= 4 is 11.3 Å². The molecule has 1 aromatic heterocycles. The van der Waals surface area contributed by atoms with Gasteiger partial charge in [0.15, 0.2) is 0 Å². The number of benzene rings is 1. The molecule has 0 aliphatic heterocycles. The zero-order valence-corrected chi connectivity index (χ0v) is 10.1. The van der Waals surface area contributed by atoms with Crippen molar-refractivity contribution in [2.75, 3.05) is 0 Å². The molecular formula is C13H13FN2S. The molecule has 1 unspecified atom stereocenters. The molecule has 4 heteroatoms. The van der Waals surface area contributed by atoms with Gasteiger partial charge in [0.1, 0.15) is 5.82 Å². The van der Waals surface area contributed by atoms with Crippen LogP contribution in [-0.2, 0) is 18.4 Å². The fraction of sp³-hybridized carbons (Fsp3) is 0.308. The minimum absolute atomic E-state index is 0.178. The molecule has 2 nitrogen and oxygen atoms in total. The number of aromatic nitrogens is 1. The summed E-state index contributed by atoms with van der Waals surface area (Å²) in [6.07, 6.45) is 4.26. The topological polar surface area (TPSA) is 38.9 Å². The largest absolute Gasteiger partial charge is 0.321 e. The summed E-state index contributed by atoms with van der Waals surface area (Å²) in [7, 11) is 0. The molecule has 17 heavy (non-hydrogen) atoms. The number of aryl methyl sites for hydroxylation is 1. The third kappa shape index (κ3) is 1.87. The van der Waals surface area contributed by atoms with Gasteiger partial charge in [-0.15, -0.1) is 11.3 Å². The Balaban J connectivity index is 1.96. The summed E-state index contributed by atoms with van der Waals surface area (Å²) >= 11 is 1.62. The van der Waals surface area contributed by atoms with Gasteiger partial charge in [-0.05, 0) is 36.1 Å². The van der Waals surface area contributed by atoms with E-state index < -0.39 is 0 Å². The van der Waals surface area contributed by atoms with Crippen molar-refractivity contribution in [3.8, 4) is 0 Å². The van der Waals surface area contributed by atoms with Crippen molar-refractivity contribution in [2.24, 2.45) is 5.73 Å². The fourth-order valence-electron chi connectivity index (χ4n) is 2.54. The highest BCUT2D eigenvalue weighted by Crippen LogP contribution is 2.37. The van der Waals surface area contributed by atoms with Crippen LogP contribution in [0.1, 0.15) is 22.6 Å². The maximum absolute atomic E-state index is 13.1. The van der Waals surface area contributed by atoms with E-state index in [4.69, 9.17) is 5.73 Å². The van der Waals surface area contributed by atoms with Crippen LogP contribution in [-0.4, -0.2) is 4.98 Å². The van der Waals surface area contributed by atoms with Crippen molar-refractivity contribution in [2.45, 2.75) is 24.8 Å². The van der Waals surface area contributed by atoms with Crippen LogP contribution in [0.4, 0.5) is 4.39 Å².